The molecule has 36 heavy (non-hydrogen) atoms. The number of piperidine rings is 1. The number of rotatable bonds is 11. The number of amides is 1. The van der Waals surface area contributed by atoms with Crippen LogP contribution in [0.2, 0.25) is 0 Å². The molecule has 0 spiro atoms. The van der Waals surface area contributed by atoms with E-state index in [1.54, 1.807) is 22.4 Å². The van der Waals surface area contributed by atoms with Gasteiger partial charge in [0.15, 0.2) is 23.2 Å². The van der Waals surface area contributed by atoms with Crippen molar-refractivity contribution >= 4 is 34.8 Å². The van der Waals surface area contributed by atoms with Crippen LogP contribution in [0.3, 0.4) is 0 Å². The molecule has 1 atom stereocenters. The summed E-state index contributed by atoms with van der Waals surface area (Å²) in [6, 6.07) is 3.49. The highest BCUT2D eigenvalue weighted by molar-refractivity contribution is 7.12. The zero-order valence-corrected chi connectivity index (χ0v) is 19.8. The summed E-state index contributed by atoms with van der Waals surface area (Å²) in [7, 11) is 0. The lowest BCUT2D eigenvalue weighted by atomic mass is 9.86. The summed E-state index contributed by atoms with van der Waals surface area (Å²) in [4.78, 5) is 51.1. The van der Waals surface area contributed by atoms with Gasteiger partial charge in [0.1, 0.15) is 12.4 Å². The molecule has 3 rings (SSSR count). The maximum Gasteiger partial charge on any atom is 0.304 e. The minimum Gasteiger partial charge on any atom is -0.481 e. The van der Waals surface area contributed by atoms with Gasteiger partial charge in [-0.1, -0.05) is 6.07 Å². The van der Waals surface area contributed by atoms with Gasteiger partial charge in [0, 0.05) is 37.4 Å². The second-order valence-corrected chi connectivity index (χ2v) is 9.34. The molecule has 0 radical (unpaired) electrons. The maximum atomic E-state index is 13.7. The Bertz CT molecular complexity index is 1110. The molecule has 0 aliphatic carbocycles. The molecule has 0 bridgehead atoms. The number of nitrogens with zero attached hydrogens (tertiary/aromatic N) is 1. The van der Waals surface area contributed by atoms with Gasteiger partial charge in [0.25, 0.3) is 5.91 Å². The van der Waals surface area contributed by atoms with Crippen LogP contribution in [0.5, 0.6) is 5.75 Å². The van der Waals surface area contributed by atoms with E-state index in [4.69, 9.17) is 5.11 Å². The number of aliphatic carboxylic acids is 1. The van der Waals surface area contributed by atoms with Crippen LogP contribution in [0.1, 0.15) is 41.8 Å². The van der Waals surface area contributed by atoms with Crippen molar-refractivity contribution in [2.45, 2.75) is 32.1 Å². The van der Waals surface area contributed by atoms with Gasteiger partial charge < -0.3 is 14.7 Å². The highest BCUT2D eigenvalue weighted by Crippen LogP contribution is 2.28. The lowest BCUT2D eigenvalue weighted by Crippen LogP contribution is -2.40. The number of carbonyl (C=O) groups excluding carboxylic acids is 3. The van der Waals surface area contributed by atoms with Crippen molar-refractivity contribution in [1.29, 1.82) is 0 Å². The third-order valence-electron chi connectivity index (χ3n) is 6.02. The normalized spacial score (nSPS) is 14.9. The first-order valence-electron chi connectivity index (χ1n) is 11.1. The molecule has 2 aromatic rings. The first kappa shape index (κ1) is 27.3. The molecule has 1 amide bonds. The average molecular weight is 530 g/mol. The highest BCUT2D eigenvalue weighted by Gasteiger charge is 2.30. The number of ether oxygens (including phenoxy) is 1. The Hall–Kier alpha value is -3.28. The molecular formula is C24H23F4NO6S. The maximum absolute atomic E-state index is 13.7. The molecule has 1 aromatic carbocycles. The number of likely N-dealkylation sites (tertiary alicyclic amines) is 1. The van der Waals surface area contributed by atoms with E-state index >= 15 is 0 Å². The Labute approximate surface area is 207 Å². The van der Waals surface area contributed by atoms with Crippen molar-refractivity contribution in [3.8, 4) is 5.75 Å². The Morgan fingerprint density at radius 2 is 1.72 bits per heavy atom. The van der Waals surface area contributed by atoms with Crippen LogP contribution in [0.15, 0.2) is 23.6 Å². The zero-order chi connectivity index (χ0) is 26.4. The van der Waals surface area contributed by atoms with E-state index in [2.05, 4.69) is 4.74 Å². The molecule has 1 aromatic heterocycles. The lowest BCUT2D eigenvalue weighted by Gasteiger charge is -2.31. The molecule has 0 saturated carbocycles. The largest absolute Gasteiger partial charge is 0.481 e. The summed E-state index contributed by atoms with van der Waals surface area (Å²) in [6.45, 7) is -0.258. The van der Waals surface area contributed by atoms with Gasteiger partial charge in [-0.2, -0.15) is 8.78 Å². The van der Waals surface area contributed by atoms with E-state index in [0.717, 1.165) is 0 Å². The number of thiophene rings is 1. The van der Waals surface area contributed by atoms with Crippen LogP contribution in [0, 0.1) is 35.1 Å². The Balaban J connectivity index is 1.54. The topological polar surface area (TPSA) is 101 Å². The SMILES string of the molecule is O=C(O)C[C@H](CCC(=O)C1CCN(C(=O)c2cccs2)CC1)C(=O)COc1c(F)c(F)cc(F)c1F. The minimum absolute atomic E-state index is 0.0131. The third kappa shape index (κ3) is 6.68. The lowest BCUT2D eigenvalue weighted by molar-refractivity contribution is -0.141. The second-order valence-electron chi connectivity index (χ2n) is 8.40. The third-order valence-corrected chi connectivity index (χ3v) is 6.87. The smallest absolute Gasteiger partial charge is 0.304 e. The minimum atomic E-state index is -1.82. The van der Waals surface area contributed by atoms with Gasteiger partial charge in [0.2, 0.25) is 11.6 Å². The van der Waals surface area contributed by atoms with E-state index in [1.807, 2.05) is 0 Å². The van der Waals surface area contributed by atoms with E-state index in [-0.39, 0.29) is 36.5 Å². The van der Waals surface area contributed by atoms with Gasteiger partial charge in [-0.3, -0.25) is 19.2 Å². The van der Waals surface area contributed by atoms with Crippen LogP contribution < -0.4 is 4.74 Å². The molecule has 0 unspecified atom stereocenters. The fourth-order valence-electron chi connectivity index (χ4n) is 4.01. The van der Waals surface area contributed by atoms with Crippen molar-refractivity contribution in [1.82, 2.24) is 4.90 Å². The molecule has 1 fully saturated rings. The molecule has 1 aliphatic rings. The van der Waals surface area contributed by atoms with Crippen LogP contribution in [-0.4, -0.2) is 53.1 Å². The van der Waals surface area contributed by atoms with E-state index in [0.29, 0.717) is 30.8 Å². The number of carboxylic acid groups (broad SMARTS) is 1. The number of carboxylic acids is 1. The van der Waals surface area contributed by atoms with Gasteiger partial charge in [-0.15, -0.1) is 11.3 Å². The average Bonchev–Trinajstić information content (AvgIpc) is 3.39. The monoisotopic (exact) mass is 529 g/mol. The second kappa shape index (κ2) is 12.1. The molecule has 12 heteroatoms. The summed E-state index contributed by atoms with van der Waals surface area (Å²) >= 11 is 1.33. The predicted molar refractivity (Wildman–Crippen MR) is 120 cm³/mol. The van der Waals surface area contributed by atoms with Gasteiger partial charge in [-0.05, 0) is 30.7 Å². The first-order chi connectivity index (χ1) is 17.1. The molecule has 1 saturated heterocycles. The number of hydrogen-bond acceptors (Lipinski definition) is 6. The molecule has 194 valence electrons. The number of halogens is 4. The molecule has 2 heterocycles. The molecule has 1 aliphatic heterocycles. The van der Waals surface area contributed by atoms with Crippen molar-refractivity contribution < 1.29 is 46.6 Å². The summed E-state index contributed by atoms with van der Waals surface area (Å²) in [5.41, 5.74) is 0. The van der Waals surface area contributed by atoms with E-state index in [1.165, 1.54) is 11.3 Å². The predicted octanol–water partition coefficient (Wildman–Crippen LogP) is 4.25. The fourth-order valence-corrected chi connectivity index (χ4v) is 4.70. The molecule has 1 N–H and O–H groups in total. The number of benzene rings is 1. The first-order valence-corrected chi connectivity index (χ1v) is 12.0. The Morgan fingerprint density at radius 3 is 2.28 bits per heavy atom. The van der Waals surface area contributed by atoms with Gasteiger partial charge in [-0.25, -0.2) is 8.78 Å². The van der Waals surface area contributed by atoms with Crippen molar-refractivity contribution in [3.05, 3.63) is 51.7 Å². The quantitative estimate of drug-likeness (QED) is 0.345. The van der Waals surface area contributed by atoms with Crippen molar-refractivity contribution in [2.75, 3.05) is 19.7 Å². The van der Waals surface area contributed by atoms with Crippen LogP contribution in [0.4, 0.5) is 17.6 Å². The number of ketones is 2. The van der Waals surface area contributed by atoms with Crippen LogP contribution in [0.25, 0.3) is 0 Å². The summed E-state index contributed by atoms with van der Waals surface area (Å²) in [5, 5.41) is 10.9. The Morgan fingerprint density at radius 1 is 1.08 bits per heavy atom. The van der Waals surface area contributed by atoms with Crippen molar-refractivity contribution in [3.63, 3.8) is 0 Å². The molecule has 7 nitrogen and oxygen atoms in total. The number of hydrogen-bond donors (Lipinski definition) is 1. The summed E-state index contributed by atoms with van der Waals surface area (Å²) < 4.78 is 58.8. The highest BCUT2D eigenvalue weighted by atomic mass is 32.1. The number of carbonyl (C=O) groups is 4. The fraction of sp³-hybridized carbons (Fsp3) is 0.417. The molecular weight excluding hydrogens is 506 g/mol. The van der Waals surface area contributed by atoms with Gasteiger partial charge >= 0.3 is 5.97 Å². The van der Waals surface area contributed by atoms with Crippen LogP contribution >= 0.6 is 11.3 Å². The van der Waals surface area contributed by atoms with Crippen LogP contribution in [-0.2, 0) is 14.4 Å². The van der Waals surface area contributed by atoms with E-state index < -0.39 is 59.7 Å². The zero-order valence-electron chi connectivity index (χ0n) is 19.0. The van der Waals surface area contributed by atoms with Crippen molar-refractivity contribution in [2.24, 2.45) is 11.8 Å². The summed E-state index contributed by atoms with van der Waals surface area (Å²) in [6.07, 6.45) is -0.0685. The van der Waals surface area contributed by atoms with Gasteiger partial charge in [0.05, 0.1) is 11.3 Å². The standard InChI is InChI=1S/C24H23F4NO6S/c25-15-11-16(26)22(28)23(21(15)27)35-12-18(31)14(10-20(32)33)3-4-17(30)13-5-7-29(8-6-13)24(34)19-2-1-9-36-19/h1-2,9,11,13-14H,3-8,10,12H2,(H,32,33)/t14-/m0/s1. The summed E-state index contributed by atoms with van der Waals surface area (Å²) in [5.74, 6) is -12.6. The van der Waals surface area contributed by atoms with E-state index in [9.17, 15) is 36.7 Å². The number of Topliss-reactive ketones (excluding diaryl/α,β-unsaturated/α-hetero) is 2. The Kier molecular flexibility index (Phi) is 9.19.